The fourth-order valence-electron chi connectivity index (χ4n) is 3.21. The Balaban J connectivity index is 1.40. The molecule has 0 aliphatic carbocycles. The van der Waals surface area contributed by atoms with Crippen molar-refractivity contribution in [3.05, 3.63) is 30.1 Å². The van der Waals surface area contributed by atoms with Crippen molar-refractivity contribution in [2.24, 2.45) is 0 Å². The predicted octanol–water partition coefficient (Wildman–Crippen LogP) is 1.18. The van der Waals surface area contributed by atoms with Gasteiger partial charge in [0.05, 0.1) is 0 Å². The van der Waals surface area contributed by atoms with Crippen LogP contribution in [-0.4, -0.2) is 68.3 Å². The van der Waals surface area contributed by atoms with Crippen LogP contribution in [0.4, 0.5) is 4.39 Å². The number of nitrogens with zero attached hydrogens (tertiary/aromatic N) is 2. The number of halogens is 1. The van der Waals surface area contributed by atoms with Crippen molar-refractivity contribution < 1.29 is 9.13 Å². The Morgan fingerprint density at radius 2 is 2.00 bits per heavy atom. The lowest BCUT2D eigenvalue weighted by Crippen LogP contribution is -2.49. The quantitative estimate of drug-likeness (QED) is 0.882. The number of benzene rings is 1. The Bertz CT molecular complexity index is 451. The number of likely N-dealkylation sites (tertiary alicyclic amines) is 1. The third kappa shape index (κ3) is 3.93. The van der Waals surface area contributed by atoms with Gasteiger partial charge in [0.2, 0.25) is 0 Å². The average Bonchev–Trinajstić information content (AvgIpc) is 2.99. The van der Waals surface area contributed by atoms with E-state index in [1.807, 2.05) is 0 Å². The fraction of sp³-hybridized carbons (Fsp3) is 0.625. The molecule has 2 saturated heterocycles. The van der Waals surface area contributed by atoms with Crippen LogP contribution < -0.4 is 10.1 Å². The molecule has 1 aromatic rings. The molecule has 1 unspecified atom stereocenters. The van der Waals surface area contributed by atoms with Crippen molar-refractivity contribution in [1.29, 1.82) is 0 Å². The molecule has 0 aromatic heterocycles. The van der Waals surface area contributed by atoms with E-state index in [0.29, 0.717) is 18.4 Å². The summed E-state index contributed by atoms with van der Waals surface area (Å²) >= 11 is 0. The Morgan fingerprint density at radius 3 is 2.81 bits per heavy atom. The lowest BCUT2D eigenvalue weighted by molar-refractivity contribution is 0.165. The molecule has 1 atom stereocenters. The summed E-state index contributed by atoms with van der Waals surface area (Å²) in [4.78, 5) is 5.02. The second-order valence-corrected chi connectivity index (χ2v) is 5.81. The summed E-state index contributed by atoms with van der Waals surface area (Å²) in [6.45, 7) is 8.18. The van der Waals surface area contributed by atoms with Crippen LogP contribution in [-0.2, 0) is 0 Å². The number of rotatable bonds is 5. The van der Waals surface area contributed by atoms with E-state index >= 15 is 0 Å². The highest BCUT2D eigenvalue weighted by Gasteiger charge is 2.28. The molecule has 2 aliphatic heterocycles. The minimum Gasteiger partial charge on any atom is -0.489 e. The second-order valence-electron chi connectivity index (χ2n) is 5.81. The lowest BCUT2D eigenvalue weighted by atomic mass is 10.2. The van der Waals surface area contributed by atoms with Crippen molar-refractivity contribution in [3.8, 4) is 5.75 Å². The Hall–Kier alpha value is -1.17. The zero-order chi connectivity index (χ0) is 14.5. The highest BCUT2D eigenvalue weighted by Crippen LogP contribution is 2.17. The summed E-state index contributed by atoms with van der Waals surface area (Å²) in [6, 6.07) is 7.28. The van der Waals surface area contributed by atoms with E-state index in [9.17, 15) is 4.39 Å². The molecule has 0 spiro atoms. The Kier molecular flexibility index (Phi) is 5.06. The van der Waals surface area contributed by atoms with E-state index in [1.54, 1.807) is 18.2 Å². The molecule has 2 fully saturated rings. The highest BCUT2D eigenvalue weighted by molar-refractivity contribution is 5.23. The van der Waals surface area contributed by atoms with Gasteiger partial charge in [-0.1, -0.05) is 12.1 Å². The van der Waals surface area contributed by atoms with Crippen molar-refractivity contribution in [3.63, 3.8) is 0 Å². The van der Waals surface area contributed by atoms with Gasteiger partial charge in [0.25, 0.3) is 0 Å². The van der Waals surface area contributed by atoms with Gasteiger partial charge in [-0.3, -0.25) is 9.80 Å². The summed E-state index contributed by atoms with van der Waals surface area (Å²) < 4.78 is 19.0. The van der Waals surface area contributed by atoms with Crippen LogP contribution in [0.5, 0.6) is 5.75 Å². The molecule has 1 N–H and O–H groups in total. The smallest absolute Gasteiger partial charge is 0.165 e. The molecule has 3 rings (SSSR count). The highest BCUT2D eigenvalue weighted by atomic mass is 19.1. The third-order valence-electron chi connectivity index (χ3n) is 4.42. The molecule has 116 valence electrons. The molecule has 5 heteroatoms. The van der Waals surface area contributed by atoms with Crippen LogP contribution in [0, 0.1) is 5.82 Å². The molecule has 21 heavy (non-hydrogen) atoms. The molecule has 0 amide bonds. The number of hydrogen-bond acceptors (Lipinski definition) is 4. The lowest BCUT2D eigenvalue weighted by Gasteiger charge is -2.32. The van der Waals surface area contributed by atoms with Crippen LogP contribution in [0.15, 0.2) is 24.3 Å². The van der Waals surface area contributed by atoms with Gasteiger partial charge in [-0.2, -0.15) is 0 Å². The van der Waals surface area contributed by atoms with Crippen molar-refractivity contribution in [2.75, 3.05) is 52.4 Å². The van der Waals surface area contributed by atoms with E-state index in [-0.39, 0.29) is 5.82 Å². The zero-order valence-corrected chi connectivity index (χ0v) is 12.4. The number of para-hydroxylation sites is 1. The summed E-state index contributed by atoms with van der Waals surface area (Å²) in [6.07, 6.45) is 1.24. The first kappa shape index (κ1) is 14.8. The average molecular weight is 293 g/mol. The topological polar surface area (TPSA) is 27.7 Å². The van der Waals surface area contributed by atoms with Gasteiger partial charge >= 0.3 is 0 Å². The number of piperazine rings is 1. The van der Waals surface area contributed by atoms with Gasteiger partial charge in [0.15, 0.2) is 11.6 Å². The predicted molar refractivity (Wildman–Crippen MR) is 81.2 cm³/mol. The van der Waals surface area contributed by atoms with Crippen LogP contribution in [0.2, 0.25) is 0 Å². The van der Waals surface area contributed by atoms with Crippen molar-refractivity contribution in [1.82, 2.24) is 15.1 Å². The maximum absolute atomic E-state index is 13.4. The molecule has 4 nitrogen and oxygen atoms in total. The molecular formula is C16H24FN3O. The molecule has 2 heterocycles. The van der Waals surface area contributed by atoms with Gasteiger partial charge < -0.3 is 10.1 Å². The first-order valence-corrected chi connectivity index (χ1v) is 7.87. The van der Waals surface area contributed by atoms with Gasteiger partial charge in [0, 0.05) is 45.3 Å². The molecule has 0 bridgehead atoms. The molecule has 1 aromatic carbocycles. The van der Waals surface area contributed by atoms with E-state index in [4.69, 9.17) is 4.74 Å². The number of hydrogen-bond donors (Lipinski definition) is 1. The maximum atomic E-state index is 13.4. The minimum absolute atomic E-state index is 0.280. The molecule has 2 aliphatic rings. The normalized spacial score (nSPS) is 24.3. The standard InChI is InChI=1S/C16H24FN3O/c17-15-3-1-2-4-16(15)21-12-11-19-8-5-14(13-19)20-9-6-18-7-10-20/h1-4,14,18H,5-13H2. The first-order valence-electron chi connectivity index (χ1n) is 7.87. The summed E-state index contributed by atoms with van der Waals surface area (Å²) in [7, 11) is 0. The largest absolute Gasteiger partial charge is 0.489 e. The van der Waals surface area contributed by atoms with E-state index in [1.165, 1.54) is 12.5 Å². The summed E-state index contributed by atoms with van der Waals surface area (Å²) in [5.74, 6) is 0.0768. The second kappa shape index (κ2) is 7.20. The van der Waals surface area contributed by atoms with Crippen molar-refractivity contribution >= 4 is 0 Å². The van der Waals surface area contributed by atoms with Crippen LogP contribution in [0.1, 0.15) is 6.42 Å². The van der Waals surface area contributed by atoms with Crippen LogP contribution in [0.3, 0.4) is 0 Å². The van der Waals surface area contributed by atoms with Gasteiger partial charge in [-0.15, -0.1) is 0 Å². The third-order valence-corrected chi connectivity index (χ3v) is 4.42. The van der Waals surface area contributed by atoms with Crippen LogP contribution in [0.25, 0.3) is 0 Å². The van der Waals surface area contributed by atoms with E-state index < -0.39 is 0 Å². The monoisotopic (exact) mass is 293 g/mol. The minimum atomic E-state index is -0.280. The van der Waals surface area contributed by atoms with Gasteiger partial charge in [0.1, 0.15) is 6.61 Å². The maximum Gasteiger partial charge on any atom is 0.165 e. The summed E-state index contributed by atoms with van der Waals surface area (Å²) in [5, 5.41) is 3.40. The Morgan fingerprint density at radius 1 is 1.19 bits per heavy atom. The molecule has 0 saturated carbocycles. The Labute approximate surface area is 125 Å². The fourth-order valence-corrected chi connectivity index (χ4v) is 3.21. The zero-order valence-electron chi connectivity index (χ0n) is 12.4. The van der Waals surface area contributed by atoms with Crippen molar-refractivity contribution in [2.45, 2.75) is 12.5 Å². The summed E-state index contributed by atoms with van der Waals surface area (Å²) in [5.41, 5.74) is 0. The first-order chi connectivity index (χ1) is 10.3. The SMILES string of the molecule is Fc1ccccc1OCCN1CCC(N2CCNCC2)C1. The number of nitrogens with one attached hydrogen (secondary N) is 1. The molecule has 0 radical (unpaired) electrons. The van der Waals surface area contributed by atoms with Gasteiger partial charge in [-0.05, 0) is 25.1 Å². The molecular weight excluding hydrogens is 269 g/mol. The number of ether oxygens (including phenoxy) is 1. The van der Waals surface area contributed by atoms with E-state index in [0.717, 1.165) is 45.8 Å². The van der Waals surface area contributed by atoms with Gasteiger partial charge in [-0.25, -0.2) is 4.39 Å². The van der Waals surface area contributed by atoms with Crippen LogP contribution >= 0.6 is 0 Å². The van der Waals surface area contributed by atoms with E-state index in [2.05, 4.69) is 15.1 Å².